The molecule has 2 heterocycles. The second-order valence-corrected chi connectivity index (χ2v) is 2.65. The first-order valence-electron chi connectivity index (χ1n) is 3.84. The van der Waals surface area contributed by atoms with Crippen LogP contribution in [0.4, 0.5) is 0 Å². The highest BCUT2D eigenvalue weighted by atomic mass is 16.5. The van der Waals surface area contributed by atoms with Gasteiger partial charge in [-0.1, -0.05) is 0 Å². The molecule has 0 saturated carbocycles. The summed E-state index contributed by atoms with van der Waals surface area (Å²) < 4.78 is 4.93. The third-order valence-corrected chi connectivity index (χ3v) is 1.83. The summed E-state index contributed by atoms with van der Waals surface area (Å²) in [6, 6.07) is 1.58. The van der Waals surface area contributed by atoms with Crippen LogP contribution in [-0.4, -0.2) is 33.4 Å². The Morgan fingerprint density at radius 1 is 1.64 bits per heavy atom. The van der Waals surface area contributed by atoms with Crippen LogP contribution < -0.4 is 4.74 Å². The van der Waals surface area contributed by atoms with Crippen molar-refractivity contribution in [3.8, 4) is 5.75 Å². The van der Waals surface area contributed by atoms with Crippen LogP contribution in [-0.2, 0) is 0 Å². The first-order chi connectivity index (χ1) is 6.72. The molecule has 14 heavy (non-hydrogen) atoms. The number of hydrogen-bond acceptors (Lipinski definition) is 4. The molecule has 2 aromatic rings. The quantitative estimate of drug-likeness (QED) is 0.731. The number of carbonyl (C=O) groups is 1. The zero-order valence-electron chi connectivity index (χ0n) is 7.31. The van der Waals surface area contributed by atoms with E-state index >= 15 is 0 Å². The number of pyridine rings is 1. The van der Waals surface area contributed by atoms with Crippen molar-refractivity contribution in [1.82, 2.24) is 15.2 Å². The van der Waals surface area contributed by atoms with Crippen LogP contribution in [0.25, 0.3) is 11.0 Å². The summed E-state index contributed by atoms with van der Waals surface area (Å²) in [5.74, 6) is -0.566. The second-order valence-electron chi connectivity index (χ2n) is 2.65. The van der Waals surface area contributed by atoms with Crippen molar-refractivity contribution in [3.05, 3.63) is 18.0 Å². The van der Waals surface area contributed by atoms with Gasteiger partial charge in [-0.05, 0) is 6.07 Å². The molecule has 0 amide bonds. The van der Waals surface area contributed by atoms with E-state index in [4.69, 9.17) is 9.84 Å². The maximum absolute atomic E-state index is 10.7. The Bertz CT molecular complexity index is 492. The molecule has 0 fully saturated rings. The molecule has 0 aliphatic rings. The Morgan fingerprint density at radius 2 is 2.43 bits per heavy atom. The normalized spacial score (nSPS) is 10.4. The van der Waals surface area contributed by atoms with Crippen LogP contribution in [0, 0.1) is 0 Å². The van der Waals surface area contributed by atoms with Crippen molar-refractivity contribution in [2.75, 3.05) is 7.11 Å². The lowest BCUT2D eigenvalue weighted by molar-refractivity contribution is 0.0692. The lowest BCUT2D eigenvalue weighted by Gasteiger charge is -1.97. The third-order valence-electron chi connectivity index (χ3n) is 1.83. The Morgan fingerprint density at radius 3 is 3.07 bits per heavy atom. The summed E-state index contributed by atoms with van der Waals surface area (Å²) in [5, 5.41) is 15.4. The van der Waals surface area contributed by atoms with Crippen LogP contribution in [0.15, 0.2) is 12.3 Å². The van der Waals surface area contributed by atoms with Crippen molar-refractivity contribution in [3.63, 3.8) is 0 Å². The Labute approximate surface area is 78.5 Å². The molecule has 2 aromatic heterocycles. The van der Waals surface area contributed by atoms with Gasteiger partial charge in [-0.2, -0.15) is 5.10 Å². The van der Waals surface area contributed by atoms with Gasteiger partial charge in [0.25, 0.3) is 0 Å². The summed E-state index contributed by atoms with van der Waals surface area (Å²) in [4.78, 5) is 14.7. The molecular weight excluding hydrogens is 186 g/mol. The van der Waals surface area contributed by atoms with Crippen molar-refractivity contribution in [1.29, 1.82) is 0 Å². The van der Waals surface area contributed by atoms with E-state index in [-0.39, 0.29) is 5.69 Å². The molecule has 0 aliphatic carbocycles. The second kappa shape index (κ2) is 2.99. The highest BCUT2D eigenvalue weighted by molar-refractivity contribution is 6.00. The van der Waals surface area contributed by atoms with E-state index in [1.165, 1.54) is 13.3 Å². The maximum atomic E-state index is 10.7. The van der Waals surface area contributed by atoms with Crippen LogP contribution in [0.1, 0.15) is 10.5 Å². The van der Waals surface area contributed by atoms with Crippen LogP contribution >= 0.6 is 0 Å². The minimum atomic E-state index is -1.07. The van der Waals surface area contributed by atoms with Gasteiger partial charge in [0.15, 0.2) is 11.3 Å². The fourth-order valence-corrected chi connectivity index (χ4v) is 1.16. The van der Waals surface area contributed by atoms with Gasteiger partial charge >= 0.3 is 5.97 Å². The lowest BCUT2D eigenvalue weighted by Crippen LogP contribution is -1.97. The number of ether oxygens (including phenoxy) is 1. The summed E-state index contributed by atoms with van der Waals surface area (Å²) >= 11 is 0. The van der Waals surface area contributed by atoms with Gasteiger partial charge < -0.3 is 9.84 Å². The number of nitrogens with one attached hydrogen (secondary N) is 1. The van der Waals surface area contributed by atoms with Crippen molar-refractivity contribution < 1.29 is 14.6 Å². The molecule has 0 atom stereocenters. The van der Waals surface area contributed by atoms with E-state index in [0.717, 1.165) is 0 Å². The maximum Gasteiger partial charge on any atom is 0.354 e. The number of rotatable bonds is 2. The topological polar surface area (TPSA) is 88.1 Å². The van der Waals surface area contributed by atoms with Crippen molar-refractivity contribution in [2.24, 2.45) is 0 Å². The predicted octanol–water partition coefficient (Wildman–Crippen LogP) is 0.665. The largest absolute Gasteiger partial charge is 0.495 e. The summed E-state index contributed by atoms with van der Waals surface area (Å²) in [6.45, 7) is 0. The Balaban J connectivity index is 2.69. The van der Waals surface area contributed by atoms with Gasteiger partial charge in [0, 0.05) is 0 Å². The van der Waals surface area contributed by atoms with E-state index in [9.17, 15) is 4.79 Å². The zero-order chi connectivity index (χ0) is 10.1. The number of carboxylic acid groups (broad SMARTS) is 1. The van der Waals surface area contributed by atoms with Gasteiger partial charge in [-0.25, -0.2) is 9.78 Å². The van der Waals surface area contributed by atoms with Crippen LogP contribution in [0.5, 0.6) is 5.75 Å². The highest BCUT2D eigenvalue weighted by Crippen LogP contribution is 2.19. The van der Waals surface area contributed by atoms with Gasteiger partial charge in [-0.3, -0.25) is 5.10 Å². The Kier molecular flexibility index (Phi) is 1.81. The minimum absolute atomic E-state index is 0.0198. The molecule has 0 saturated heterocycles. The highest BCUT2D eigenvalue weighted by Gasteiger charge is 2.13. The van der Waals surface area contributed by atoms with E-state index in [1.54, 1.807) is 6.07 Å². The van der Waals surface area contributed by atoms with E-state index in [2.05, 4.69) is 15.2 Å². The number of methoxy groups -OCH3 is 1. The lowest BCUT2D eigenvalue weighted by atomic mass is 10.2. The molecule has 6 heteroatoms. The number of nitrogens with zero attached hydrogens (tertiary/aromatic N) is 2. The van der Waals surface area contributed by atoms with Crippen molar-refractivity contribution >= 4 is 17.0 Å². The molecule has 0 aliphatic heterocycles. The molecular formula is C8H7N3O3. The summed E-state index contributed by atoms with van der Waals surface area (Å²) in [7, 11) is 1.49. The molecule has 0 spiro atoms. The number of hydrogen-bond donors (Lipinski definition) is 2. The average molecular weight is 193 g/mol. The number of aromatic carboxylic acids is 1. The van der Waals surface area contributed by atoms with Crippen molar-refractivity contribution in [2.45, 2.75) is 0 Å². The molecule has 2 N–H and O–H groups in total. The van der Waals surface area contributed by atoms with Gasteiger partial charge in [0.05, 0.1) is 18.7 Å². The Hall–Kier alpha value is -2.11. The fourth-order valence-electron chi connectivity index (χ4n) is 1.16. The third kappa shape index (κ3) is 1.17. The fraction of sp³-hybridized carbons (Fsp3) is 0.125. The first kappa shape index (κ1) is 8.49. The number of aromatic amines is 1. The molecule has 2 rings (SSSR count). The molecule has 0 unspecified atom stereocenters. The number of carboxylic acids is 1. The molecule has 0 aromatic carbocycles. The van der Waals surface area contributed by atoms with Gasteiger partial charge in [-0.15, -0.1) is 0 Å². The van der Waals surface area contributed by atoms with E-state index < -0.39 is 5.97 Å². The number of aromatic nitrogens is 3. The summed E-state index contributed by atoms with van der Waals surface area (Å²) in [6.07, 6.45) is 1.48. The molecule has 0 radical (unpaired) electrons. The van der Waals surface area contributed by atoms with Crippen LogP contribution in [0.3, 0.4) is 0 Å². The average Bonchev–Trinajstić information content (AvgIpc) is 2.59. The monoisotopic (exact) mass is 193 g/mol. The first-order valence-corrected chi connectivity index (χ1v) is 3.84. The summed E-state index contributed by atoms with van der Waals surface area (Å²) in [5.41, 5.74) is 0.384. The molecule has 0 bridgehead atoms. The standard InChI is InChI=1S/C8H7N3O3/c1-14-4-2-5-6(8(12)13)10-11-7(5)9-3-4/h2-3H,1H3,(H,12,13)(H,9,10,11). The SMILES string of the molecule is COc1cnc2n[nH]c(C(=O)O)c2c1. The molecule has 72 valence electrons. The van der Waals surface area contributed by atoms with Gasteiger partial charge in [0.2, 0.25) is 0 Å². The van der Waals surface area contributed by atoms with Crippen LogP contribution in [0.2, 0.25) is 0 Å². The minimum Gasteiger partial charge on any atom is -0.495 e. The van der Waals surface area contributed by atoms with E-state index in [1.807, 2.05) is 0 Å². The molecule has 6 nitrogen and oxygen atoms in total. The zero-order valence-corrected chi connectivity index (χ0v) is 7.31. The number of fused-ring (bicyclic) bond motifs is 1. The smallest absolute Gasteiger partial charge is 0.354 e. The predicted molar refractivity (Wildman–Crippen MR) is 47.4 cm³/mol. The van der Waals surface area contributed by atoms with Gasteiger partial charge in [0.1, 0.15) is 5.75 Å². The van der Waals surface area contributed by atoms with E-state index in [0.29, 0.717) is 16.8 Å². The number of H-pyrrole nitrogens is 1.